The van der Waals surface area contributed by atoms with Crippen molar-refractivity contribution in [2.45, 2.75) is 6.61 Å². The molecule has 0 saturated carbocycles. The van der Waals surface area contributed by atoms with Crippen LogP contribution in [-0.2, 0) is 6.61 Å². The Morgan fingerprint density at radius 1 is 1.08 bits per heavy atom. The fourth-order valence-corrected chi connectivity index (χ4v) is 2.25. The van der Waals surface area contributed by atoms with Crippen molar-refractivity contribution in [2.24, 2.45) is 0 Å². The van der Waals surface area contributed by atoms with E-state index in [-0.39, 0.29) is 17.9 Å². The maximum atomic E-state index is 13.6. The number of hydrogen-bond acceptors (Lipinski definition) is 5. The molecule has 2 aromatic rings. The lowest BCUT2D eigenvalue weighted by Crippen LogP contribution is -2.21. The molecule has 0 spiro atoms. The molecular formula is C17H19F2N3O4. The number of carbonyl (C=O) groups is 1. The molecule has 140 valence electrons. The lowest BCUT2D eigenvalue weighted by molar-refractivity contribution is 0.261. The van der Waals surface area contributed by atoms with Crippen LogP contribution in [0, 0.1) is 11.6 Å². The van der Waals surface area contributed by atoms with Crippen molar-refractivity contribution < 1.29 is 28.5 Å². The van der Waals surface area contributed by atoms with Gasteiger partial charge in [0.25, 0.3) is 0 Å². The summed E-state index contributed by atoms with van der Waals surface area (Å²) < 4.78 is 32.1. The van der Waals surface area contributed by atoms with Gasteiger partial charge in [-0.05, 0) is 12.1 Å². The monoisotopic (exact) mass is 367 g/mol. The smallest absolute Gasteiger partial charge is 0.323 e. The lowest BCUT2D eigenvalue weighted by atomic mass is 10.1. The second kappa shape index (κ2) is 8.97. The van der Waals surface area contributed by atoms with Crippen molar-refractivity contribution in [1.29, 1.82) is 0 Å². The Balaban J connectivity index is 2.17. The molecule has 2 aromatic carbocycles. The van der Waals surface area contributed by atoms with E-state index in [9.17, 15) is 18.7 Å². The summed E-state index contributed by atoms with van der Waals surface area (Å²) in [5, 5.41) is 25.8. The molecule has 0 fully saturated rings. The van der Waals surface area contributed by atoms with Gasteiger partial charge in [0.2, 0.25) is 0 Å². The number of urea groups is 1. The molecule has 0 aromatic heterocycles. The van der Waals surface area contributed by atoms with Crippen LogP contribution in [0.2, 0.25) is 0 Å². The molecule has 0 heterocycles. The minimum absolute atomic E-state index is 0.0739. The Labute approximate surface area is 148 Å². The second-order valence-electron chi connectivity index (χ2n) is 5.25. The first-order valence-electron chi connectivity index (χ1n) is 7.67. The van der Waals surface area contributed by atoms with Gasteiger partial charge < -0.3 is 30.9 Å². The van der Waals surface area contributed by atoms with Crippen molar-refractivity contribution in [3.05, 3.63) is 47.5 Å². The number of methoxy groups -OCH3 is 1. The number of benzene rings is 2. The summed E-state index contributed by atoms with van der Waals surface area (Å²) in [7, 11) is 1.46. The van der Waals surface area contributed by atoms with Crippen molar-refractivity contribution in [1.82, 2.24) is 0 Å². The zero-order valence-corrected chi connectivity index (χ0v) is 14.0. The van der Waals surface area contributed by atoms with E-state index in [2.05, 4.69) is 16.0 Å². The summed E-state index contributed by atoms with van der Waals surface area (Å²) in [6, 6.07) is 5.58. The first-order valence-corrected chi connectivity index (χ1v) is 7.67. The van der Waals surface area contributed by atoms with Gasteiger partial charge in [0.1, 0.15) is 17.4 Å². The van der Waals surface area contributed by atoms with E-state index >= 15 is 0 Å². The van der Waals surface area contributed by atoms with Gasteiger partial charge in [-0.25, -0.2) is 13.6 Å². The van der Waals surface area contributed by atoms with Gasteiger partial charge in [-0.2, -0.15) is 0 Å². The van der Waals surface area contributed by atoms with Gasteiger partial charge in [0.05, 0.1) is 26.0 Å². The molecule has 2 rings (SSSR count). The SMILES string of the molecule is COc1cc(NCCO)cc(NC(=O)Nc2cc(F)cc(F)c2CO)c1. The van der Waals surface area contributed by atoms with Crippen LogP contribution in [0.4, 0.5) is 30.6 Å². The molecule has 0 saturated heterocycles. The first kappa shape index (κ1) is 19.4. The van der Waals surface area contributed by atoms with Crippen LogP contribution in [0.5, 0.6) is 5.75 Å². The second-order valence-corrected chi connectivity index (χ2v) is 5.25. The molecule has 0 unspecified atom stereocenters. The summed E-state index contributed by atoms with van der Waals surface area (Å²) >= 11 is 0. The third-order valence-corrected chi connectivity index (χ3v) is 3.41. The van der Waals surface area contributed by atoms with Crippen molar-refractivity contribution >= 4 is 23.1 Å². The van der Waals surface area contributed by atoms with Crippen LogP contribution in [-0.4, -0.2) is 36.5 Å². The van der Waals surface area contributed by atoms with E-state index < -0.39 is 24.3 Å². The summed E-state index contributed by atoms with van der Waals surface area (Å²) in [5.74, 6) is -1.39. The highest BCUT2D eigenvalue weighted by atomic mass is 19.1. The number of nitrogens with one attached hydrogen (secondary N) is 3. The number of carbonyl (C=O) groups excluding carboxylic acids is 1. The number of aliphatic hydroxyl groups is 2. The van der Waals surface area contributed by atoms with E-state index in [4.69, 9.17) is 9.84 Å². The fraction of sp³-hybridized carbons (Fsp3) is 0.235. The zero-order valence-electron chi connectivity index (χ0n) is 14.0. The van der Waals surface area contributed by atoms with Gasteiger partial charge in [-0.3, -0.25) is 0 Å². The first-order chi connectivity index (χ1) is 12.5. The maximum absolute atomic E-state index is 13.6. The largest absolute Gasteiger partial charge is 0.497 e. The molecule has 2 amide bonds. The molecule has 0 aliphatic heterocycles. The number of ether oxygens (including phenoxy) is 1. The number of aliphatic hydroxyl groups excluding tert-OH is 2. The van der Waals surface area contributed by atoms with Gasteiger partial charge in [-0.1, -0.05) is 0 Å². The minimum Gasteiger partial charge on any atom is -0.497 e. The highest BCUT2D eigenvalue weighted by molar-refractivity contribution is 6.00. The third kappa shape index (κ3) is 5.04. The minimum atomic E-state index is -0.959. The Morgan fingerprint density at radius 3 is 2.46 bits per heavy atom. The van der Waals surface area contributed by atoms with Gasteiger partial charge in [-0.15, -0.1) is 0 Å². The van der Waals surface area contributed by atoms with E-state index in [1.54, 1.807) is 18.2 Å². The van der Waals surface area contributed by atoms with Crippen molar-refractivity contribution in [3.8, 4) is 5.75 Å². The Hall–Kier alpha value is -2.91. The third-order valence-electron chi connectivity index (χ3n) is 3.41. The summed E-state index contributed by atoms with van der Waals surface area (Å²) in [5.41, 5.74) is 0.549. The zero-order chi connectivity index (χ0) is 19.1. The van der Waals surface area contributed by atoms with Crippen LogP contribution < -0.4 is 20.7 Å². The molecule has 9 heteroatoms. The van der Waals surface area contributed by atoms with Crippen molar-refractivity contribution in [3.63, 3.8) is 0 Å². The fourth-order valence-electron chi connectivity index (χ4n) is 2.25. The van der Waals surface area contributed by atoms with E-state index in [1.165, 1.54) is 7.11 Å². The van der Waals surface area contributed by atoms with Gasteiger partial charge in [0.15, 0.2) is 0 Å². The predicted molar refractivity (Wildman–Crippen MR) is 93.5 cm³/mol. The Morgan fingerprint density at radius 2 is 1.81 bits per heavy atom. The Kier molecular flexibility index (Phi) is 6.70. The summed E-state index contributed by atoms with van der Waals surface area (Å²) in [6.45, 7) is -0.465. The summed E-state index contributed by atoms with van der Waals surface area (Å²) in [4.78, 5) is 12.1. The topological polar surface area (TPSA) is 103 Å². The average Bonchev–Trinajstić information content (AvgIpc) is 2.59. The van der Waals surface area contributed by atoms with Crippen LogP contribution in [0.3, 0.4) is 0 Å². The van der Waals surface area contributed by atoms with Gasteiger partial charge >= 0.3 is 6.03 Å². The lowest BCUT2D eigenvalue weighted by Gasteiger charge is -2.14. The molecule has 0 aliphatic rings. The quantitative estimate of drug-likeness (QED) is 0.517. The molecule has 0 bridgehead atoms. The van der Waals surface area contributed by atoms with Crippen molar-refractivity contribution in [2.75, 3.05) is 36.2 Å². The Bertz CT molecular complexity index is 787. The highest BCUT2D eigenvalue weighted by Crippen LogP contribution is 2.25. The standard InChI is InChI=1S/C17H19F2N3O4/c1-26-13-7-11(20-2-3-23)6-12(8-13)21-17(25)22-16-5-10(18)4-15(19)14(16)9-24/h4-8,20,23-24H,2-3,9H2,1H3,(H2,21,22,25). The summed E-state index contributed by atoms with van der Waals surface area (Å²) in [6.07, 6.45) is 0. The molecule has 0 radical (unpaired) electrons. The molecular weight excluding hydrogens is 348 g/mol. The molecule has 0 atom stereocenters. The van der Waals surface area contributed by atoms with Crippen LogP contribution in [0.1, 0.15) is 5.56 Å². The van der Waals surface area contributed by atoms with Crippen LogP contribution in [0.15, 0.2) is 30.3 Å². The van der Waals surface area contributed by atoms with E-state index in [1.807, 2.05) is 0 Å². The van der Waals surface area contributed by atoms with Gasteiger partial charge in [0, 0.05) is 41.7 Å². The van der Waals surface area contributed by atoms with E-state index in [0.29, 0.717) is 29.7 Å². The van der Waals surface area contributed by atoms with Crippen LogP contribution in [0.25, 0.3) is 0 Å². The van der Waals surface area contributed by atoms with E-state index in [0.717, 1.165) is 6.07 Å². The highest BCUT2D eigenvalue weighted by Gasteiger charge is 2.13. The predicted octanol–water partition coefficient (Wildman–Crippen LogP) is 2.51. The maximum Gasteiger partial charge on any atom is 0.323 e. The van der Waals surface area contributed by atoms with Crippen LogP contribution >= 0.6 is 0 Å². The average molecular weight is 367 g/mol. The molecule has 5 N–H and O–H groups in total. The molecule has 0 aliphatic carbocycles. The number of rotatable bonds is 7. The number of anilines is 3. The molecule has 26 heavy (non-hydrogen) atoms. The molecule has 7 nitrogen and oxygen atoms in total. The number of hydrogen-bond donors (Lipinski definition) is 5. The number of halogens is 2. The normalized spacial score (nSPS) is 10.3. The number of amides is 2.